The van der Waals surface area contributed by atoms with Crippen LogP contribution in [0.1, 0.15) is 28.5 Å². The number of para-hydroxylation sites is 1. The molecule has 1 heterocycles. The molecule has 0 radical (unpaired) electrons. The summed E-state index contributed by atoms with van der Waals surface area (Å²) in [6.07, 6.45) is 1.86. The van der Waals surface area contributed by atoms with E-state index in [1.165, 1.54) is 0 Å². The molecular formula is C23H23N3O2. The van der Waals surface area contributed by atoms with Crippen LogP contribution in [0.4, 0.5) is 11.4 Å². The topological polar surface area (TPSA) is 62.3 Å². The van der Waals surface area contributed by atoms with Crippen LogP contribution in [0.3, 0.4) is 0 Å². The number of carbonyl (C=O) groups is 2. The van der Waals surface area contributed by atoms with E-state index >= 15 is 0 Å². The van der Waals surface area contributed by atoms with Gasteiger partial charge < -0.3 is 10.2 Å². The van der Waals surface area contributed by atoms with E-state index in [2.05, 4.69) is 10.3 Å². The van der Waals surface area contributed by atoms with Gasteiger partial charge in [0.1, 0.15) is 0 Å². The quantitative estimate of drug-likeness (QED) is 0.703. The van der Waals surface area contributed by atoms with Gasteiger partial charge >= 0.3 is 0 Å². The second-order valence-electron chi connectivity index (χ2n) is 6.49. The minimum absolute atomic E-state index is 0.0382. The molecule has 1 N–H and O–H groups in total. The number of anilines is 2. The largest absolute Gasteiger partial charge is 0.322 e. The van der Waals surface area contributed by atoms with Gasteiger partial charge in [0.15, 0.2) is 0 Å². The SMILES string of the molecule is CCN(C(=O)Cc1ccc(NC(=O)c2ccc(C)nc2)cc1)c1ccccc1. The van der Waals surface area contributed by atoms with Crippen LogP contribution in [0.25, 0.3) is 0 Å². The Morgan fingerprint density at radius 1 is 0.964 bits per heavy atom. The molecule has 5 heteroatoms. The van der Waals surface area contributed by atoms with Crippen molar-refractivity contribution in [3.05, 3.63) is 89.7 Å². The third kappa shape index (κ3) is 4.82. The Balaban J connectivity index is 1.63. The Bertz CT molecular complexity index is 936. The number of amides is 2. The zero-order valence-corrected chi connectivity index (χ0v) is 16.1. The molecule has 3 aromatic rings. The average molecular weight is 373 g/mol. The summed E-state index contributed by atoms with van der Waals surface area (Å²) in [5.74, 6) is -0.172. The third-order valence-electron chi connectivity index (χ3n) is 4.43. The van der Waals surface area contributed by atoms with E-state index in [0.717, 1.165) is 16.9 Å². The van der Waals surface area contributed by atoms with Gasteiger partial charge in [-0.1, -0.05) is 30.3 Å². The number of aromatic nitrogens is 1. The summed E-state index contributed by atoms with van der Waals surface area (Å²) in [7, 11) is 0. The zero-order valence-electron chi connectivity index (χ0n) is 16.1. The monoisotopic (exact) mass is 373 g/mol. The number of carbonyl (C=O) groups excluding carboxylic acids is 2. The lowest BCUT2D eigenvalue weighted by Crippen LogP contribution is -2.31. The Labute approximate surface area is 165 Å². The van der Waals surface area contributed by atoms with Gasteiger partial charge in [-0.25, -0.2) is 0 Å². The molecule has 28 heavy (non-hydrogen) atoms. The Morgan fingerprint density at radius 3 is 2.29 bits per heavy atom. The van der Waals surface area contributed by atoms with Gasteiger partial charge in [0, 0.05) is 29.8 Å². The second-order valence-corrected chi connectivity index (χ2v) is 6.49. The number of rotatable bonds is 6. The van der Waals surface area contributed by atoms with Crippen LogP contribution < -0.4 is 10.2 Å². The van der Waals surface area contributed by atoms with E-state index in [0.29, 0.717) is 24.2 Å². The van der Waals surface area contributed by atoms with Gasteiger partial charge in [-0.2, -0.15) is 0 Å². The Kier molecular flexibility index (Phi) is 6.17. The molecule has 2 aromatic carbocycles. The summed E-state index contributed by atoms with van der Waals surface area (Å²) in [5.41, 5.74) is 3.84. The first-order valence-electron chi connectivity index (χ1n) is 9.25. The smallest absolute Gasteiger partial charge is 0.257 e. The summed E-state index contributed by atoms with van der Waals surface area (Å²) < 4.78 is 0. The molecular weight excluding hydrogens is 350 g/mol. The summed E-state index contributed by atoms with van der Waals surface area (Å²) in [6, 6.07) is 20.5. The number of hydrogen-bond acceptors (Lipinski definition) is 3. The summed E-state index contributed by atoms with van der Waals surface area (Å²) in [5, 5.41) is 2.84. The van der Waals surface area contributed by atoms with Gasteiger partial charge in [0.05, 0.1) is 12.0 Å². The lowest BCUT2D eigenvalue weighted by molar-refractivity contribution is -0.117. The van der Waals surface area contributed by atoms with Crippen molar-refractivity contribution in [1.82, 2.24) is 4.98 Å². The van der Waals surface area contributed by atoms with E-state index < -0.39 is 0 Å². The van der Waals surface area contributed by atoms with E-state index in [1.807, 2.05) is 56.3 Å². The lowest BCUT2D eigenvalue weighted by atomic mass is 10.1. The molecule has 0 aliphatic carbocycles. The molecule has 0 atom stereocenters. The van der Waals surface area contributed by atoms with Crippen molar-refractivity contribution in [2.45, 2.75) is 20.3 Å². The van der Waals surface area contributed by atoms with Crippen molar-refractivity contribution in [3.8, 4) is 0 Å². The molecule has 0 fully saturated rings. The minimum atomic E-state index is -0.211. The molecule has 0 saturated heterocycles. The molecule has 3 rings (SSSR count). The van der Waals surface area contributed by atoms with E-state index in [-0.39, 0.29) is 11.8 Å². The molecule has 0 aliphatic heterocycles. The van der Waals surface area contributed by atoms with Crippen molar-refractivity contribution in [1.29, 1.82) is 0 Å². The fraction of sp³-hybridized carbons (Fsp3) is 0.174. The molecule has 1 aromatic heterocycles. The maximum absolute atomic E-state index is 12.7. The molecule has 0 unspecified atom stereocenters. The van der Waals surface area contributed by atoms with E-state index in [1.54, 1.807) is 35.4 Å². The van der Waals surface area contributed by atoms with Gasteiger partial charge in [-0.15, -0.1) is 0 Å². The standard InChI is InChI=1S/C23H23N3O2/c1-3-26(21-7-5-4-6-8-21)22(27)15-18-10-13-20(14-11-18)25-23(28)19-12-9-17(2)24-16-19/h4-14,16H,3,15H2,1-2H3,(H,25,28). The highest BCUT2D eigenvalue weighted by atomic mass is 16.2. The van der Waals surface area contributed by atoms with Crippen LogP contribution in [-0.2, 0) is 11.2 Å². The number of pyridine rings is 1. The molecule has 5 nitrogen and oxygen atoms in total. The normalized spacial score (nSPS) is 10.4. The second kappa shape index (κ2) is 8.95. The highest BCUT2D eigenvalue weighted by molar-refractivity contribution is 6.04. The van der Waals surface area contributed by atoms with Crippen LogP contribution in [0.5, 0.6) is 0 Å². The summed E-state index contributed by atoms with van der Waals surface area (Å²) in [6.45, 7) is 4.45. The van der Waals surface area contributed by atoms with Crippen molar-refractivity contribution in [2.75, 3.05) is 16.8 Å². The van der Waals surface area contributed by atoms with Crippen LogP contribution in [0, 0.1) is 6.92 Å². The first kappa shape index (κ1) is 19.3. The third-order valence-corrected chi connectivity index (χ3v) is 4.43. The number of hydrogen-bond donors (Lipinski definition) is 1. The van der Waals surface area contributed by atoms with Crippen LogP contribution in [-0.4, -0.2) is 23.3 Å². The number of nitrogens with one attached hydrogen (secondary N) is 1. The molecule has 0 spiro atoms. The Morgan fingerprint density at radius 2 is 1.68 bits per heavy atom. The van der Waals surface area contributed by atoms with Crippen molar-refractivity contribution in [2.24, 2.45) is 0 Å². The van der Waals surface area contributed by atoms with Crippen molar-refractivity contribution < 1.29 is 9.59 Å². The number of benzene rings is 2. The van der Waals surface area contributed by atoms with Crippen LogP contribution in [0.2, 0.25) is 0 Å². The highest BCUT2D eigenvalue weighted by Gasteiger charge is 2.14. The van der Waals surface area contributed by atoms with Gasteiger partial charge in [0.2, 0.25) is 5.91 Å². The predicted molar refractivity (Wildman–Crippen MR) is 112 cm³/mol. The highest BCUT2D eigenvalue weighted by Crippen LogP contribution is 2.16. The lowest BCUT2D eigenvalue weighted by Gasteiger charge is -2.21. The summed E-state index contributed by atoms with van der Waals surface area (Å²) >= 11 is 0. The number of likely N-dealkylation sites (N-methyl/N-ethyl adjacent to an activating group) is 1. The first-order valence-corrected chi connectivity index (χ1v) is 9.25. The van der Waals surface area contributed by atoms with Crippen molar-refractivity contribution >= 4 is 23.2 Å². The molecule has 0 aliphatic rings. The van der Waals surface area contributed by atoms with Gasteiger partial charge in [-0.3, -0.25) is 14.6 Å². The zero-order chi connectivity index (χ0) is 19.9. The fourth-order valence-corrected chi connectivity index (χ4v) is 2.89. The fourth-order valence-electron chi connectivity index (χ4n) is 2.89. The minimum Gasteiger partial charge on any atom is -0.322 e. The van der Waals surface area contributed by atoms with Gasteiger partial charge in [-0.05, 0) is 55.8 Å². The molecule has 2 amide bonds. The van der Waals surface area contributed by atoms with E-state index in [9.17, 15) is 9.59 Å². The summed E-state index contributed by atoms with van der Waals surface area (Å²) in [4.78, 5) is 30.8. The molecule has 142 valence electrons. The van der Waals surface area contributed by atoms with Crippen LogP contribution in [0.15, 0.2) is 72.9 Å². The van der Waals surface area contributed by atoms with Crippen LogP contribution >= 0.6 is 0 Å². The average Bonchev–Trinajstić information content (AvgIpc) is 2.71. The van der Waals surface area contributed by atoms with Crippen molar-refractivity contribution in [3.63, 3.8) is 0 Å². The maximum atomic E-state index is 12.7. The molecule has 0 bridgehead atoms. The maximum Gasteiger partial charge on any atom is 0.257 e. The Hall–Kier alpha value is -3.47. The number of aryl methyl sites for hydroxylation is 1. The molecule has 0 saturated carbocycles. The predicted octanol–water partition coefficient (Wildman–Crippen LogP) is 4.24. The first-order chi connectivity index (χ1) is 13.6. The number of nitrogens with zero attached hydrogens (tertiary/aromatic N) is 2. The van der Waals surface area contributed by atoms with E-state index in [4.69, 9.17) is 0 Å². The van der Waals surface area contributed by atoms with Gasteiger partial charge in [0.25, 0.3) is 5.91 Å².